The molecule has 1 heterocycles. The van der Waals surface area contributed by atoms with Gasteiger partial charge < -0.3 is 5.11 Å². The van der Waals surface area contributed by atoms with Crippen LogP contribution in [0.25, 0.3) is 0 Å². The average Bonchev–Trinajstić information content (AvgIpc) is 2.63. The number of rotatable bonds is 1. The summed E-state index contributed by atoms with van der Waals surface area (Å²) in [5.41, 5.74) is -0.446. The molecule has 0 radical (unpaired) electrons. The van der Waals surface area contributed by atoms with E-state index in [0.29, 0.717) is 5.56 Å². The lowest BCUT2D eigenvalue weighted by molar-refractivity contribution is -0.266. The van der Waals surface area contributed by atoms with Crippen molar-refractivity contribution in [1.29, 1.82) is 0 Å². The van der Waals surface area contributed by atoms with Gasteiger partial charge in [0.05, 0.1) is 12.1 Å². The highest BCUT2D eigenvalue weighted by Crippen LogP contribution is 2.34. The van der Waals surface area contributed by atoms with Crippen molar-refractivity contribution in [2.75, 3.05) is 0 Å². The van der Waals surface area contributed by atoms with Crippen molar-refractivity contribution < 1.29 is 18.3 Å². The molecular formula is C10H9F3N2O. The number of nitrogens with one attached hydrogen (secondary N) is 1. The maximum atomic E-state index is 12.4. The van der Waals surface area contributed by atoms with Gasteiger partial charge in [0, 0.05) is 0 Å². The van der Waals surface area contributed by atoms with Crippen LogP contribution in [0.5, 0.6) is 0 Å². The van der Waals surface area contributed by atoms with Crippen LogP contribution in [0.3, 0.4) is 0 Å². The van der Waals surface area contributed by atoms with Gasteiger partial charge >= 0.3 is 6.18 Å². The number of hydrogen-bond donors (Lipinski definition) is 2. The molecule has 2 N–H and O–H groups in total. The fourth-order valence-corrected chi connectivity index (χ4v) is 1.44. The number of hydrogen-bond acceptors (Lipinski definition) is 3. The SMILES string of the molecule is O[C@]1(C(F)(F)F)CC(c2ccccc2)=NN1. The van der Waals surface area contributed by atoms with Gasteiger partial charge in [0.25, 0.3) is 5.72 Å². The third-order valence-corrected chi connectivity index (χ3v) is 2.38. The van der Waals surface area contributed by atoms with Crippen LogP contribution in [0.1, 0.15) is 12.0 Å². The van der Waals surface area contributed by atoms with Crippen molar-refractivity contribution in [3.8, 4) is 0 Å². The van der Waals surface area contributed by atoms with E-state index in [2.05, 4.69) is 5.10 Å². The highest BCUT2D eigenvalue weighted by Gasteiger charge is 2.57. The zero-order valence-electron chi connectivity index (χ0n) is 8.12. The van der Waals surface area contributed by atoms with Gasteiger partial charge in [-0.1, -0.05) is 30.3 Å². The van der Waals surface area contributed by atoms with E-state index in [1.807, 2.05) is 0 Å². The highest BCUT2D eigenvalue weighted by atomic mass is 19.4. The Balaban J connectivity index is 2.20. The third-order valence-electron chi connectivity index (χ3n) is 2.38. The number of alkyl halides is 3. The van der Waals surface area contributed by atoms with E-state index >= 15 is 0 Å². The van der Waals surface area contributed by atoms with Crippen LogP contribution >= 0.6 is 0 Å². The lowest BCUT2D eigenvalue weighted by Crippen LogP contribution is -2.52. The van der Waals surface area contributed by atoms with Crippen LogP contribution in [0.15, 0.2) is 35.4 Å². The topological polar surface area (TPSA) is 44.6 Å². The molecule has 0 saturated carbocycles. The van der Waals surface area contributed by atoms with E-state index in [4.69, 9.17) is 0 Å². The Morgan fingerprint density at radius 1 is 1.25 bits per heavy atom. The minimum atomic E-state index is -4.74. The molecule has 0 aromatic heterocycles. The molecule has 1 aromatic rings. The summed E-state index contributed by atoms with van der Waals surface area (Å²) in [5, 5.41) is 12.8. The first-order valence-electron chi connectivity index (χ1n) is 4.61. The molecular weight excluding hydrogens is 221 g/mol. The van der Waals surface area contributed by atoms with Gasteiger partial charge in [-0.2, -0.15) is 18.3 Å². The smallest absolute Gasteiger partial charge is 0.362 e. The molecule has 0 spiro atoms. The summed E-state index contributed by atoms with van der Waals surface area (Å²) in [6, 6.07) is 8.43. The first kappa shape index (κ1) is 10.9. The Morgan fingerprint density at radius 2 is 1.88 bits per heavy atom. The summed E-state index contributed by atoms with van der Waals surface area (Å²) >= 11 is 0. The molecule has 6 heteroatoms. The summed E-state index contributed by atoms with van der Waals surface area (Å²) in [5.74, 6) is 0. The molecule has 0 amide bonds. The van der Waals surface area contributed by atoms with Gasteiger partial charge in [0.1, 0.15) is 0 Å². The van der Waals surface area contributed by atoms with Gasteiger partial charge in [0.2, 0.25) is 0 Å². The van der Waals surface area contributed by atoms with E-state index in [1.165, 1.54) is 0 Å². The molecule has 1 atom stereocenters. The highest BCUT2D eigenvalue weighted by molar-refractivity contribution is 6.02. The Morgan fingerprint density at radius 3 is 2.38 bits per heavy atom. The number of nitrogens with zero attached hydrogens (tertiary/aromatic N) is 1. The van der Waals surface area contributed by atoms with Gasteiger partial charge in [-0.3, -0.25) is 5.43 Å². The first-order chi connectivity index (χ1) is 7.42. The van der Waals surface area contributed by atoms with Crippen LogP contribution in [-0.2, 0) is 0 Å². The van der Waals surface area contributed by atoms with Crippen LogP contribution < -0.4 is 5.43 Å². The van der Waals surface area contributed by atoms with Gasteiger partial charge in [0.15, 0.2) is 0 Å². The molecule has 0 unspecified atom stereocenters. The standard InChI is InChI=1S/C10H9F3N2O/c11-10(12,13)9(16)6-8(14-15-9)7-4-2-1-3-5-7/h1-5,15-16H,6H2/t9-/m0/s1. The minimum Gasteiger partial charge on any atom is -0.362 e. The largest absolute Gasteiger partial charge is 0.438 e. The van der Waals surface area contributed by atoms with Gasteiger partial charge in [-0.25, -0.2) is 0 Å². The molecule has 1 aliphatic rings. The quantitative estimate of drug-likeness (QED) is 0.770. The van der Waals surface area contributed by atoms with Crippen molar-refractivity contribution >= 4 is 5.71 Å². The molecule has 1 aromatic carbocycles. The Labute approximate surface area is 89.6 Å². The minimum absolute atomic E-state index is 0.195. The van der Waals surface area contributed by atoms with Crippen molar-refractivity contribution in [3.63, 3.8) is 0 Å². The van der Waals surface area contributed by atoms with Crippen molar-refractivity contribution in [2.45, 2.75) is 18.3 Å². The summed E-state index contributed by atoms with van der Waals surface area (Å²) in [6.45, 7) is 0. The molecule has 86 valence electrons. The molecule has 0 bridgehead atoms. The Kier molecular flexibility index (Phi) is 2.38. The average molecular weight is 230 g/mol. The lowest BCUT2D eigenvalue weighted by atomic mass is 10.0. The van der Waals surface area contributed by atoms with Crippen LogP contribution in [0.4, 0.5) is 13.2 Å². The summed E-state index contributed by atoms with van der Waals surface area (Å²) in [6.07, 6.45) is -5.33. The predicted molar refractivity (Wildman–Crippen MR) is 51.7 cm³/mol. The number of benzene rings is 1. The normalized spacial score (nSPS) is 25.1. The predicted octanol–water partition coefficient (Wildman–Crippen LogP) is 1.63. The number of hydrazone groups is 1. The molecule has 0 saturated heterocycles. The second-order valence-corrected chi connectivity index (χ2v) is 3.57. The second-order valence-electron chi connectivity index (χ2n) is 3.57. The summed E-state index contributed by atoms with van der Waals surface area (Å²) in [4.78, 5) is 0. The molecule has 0 fully saturated rings. The first-order valence-corrected chi connectivity index (χ1v) is 4.61. The van der Waals surface area contributed by atoms with Crippen molar-refractivity contribution in [1.82, 2.24) is 5.43 Å². The fourth-order valence-electron chi connectivity index (χ4n) is 1.44. The Hall–Kier alpha value is -1.56. The monoisotopic (exact) mass is 230 g/mol. The van der Waals surface area contributed by atoms with Crippen LogP contribution in [0, 0.1) is 0 Å². The second kappa shape index (κ2) is 3.48. The zero-order chi connectivity index (χ0) is 11.8. The number of halogens is 3. The van der Waals surface area contributed by atoms with Gasteiger partial charge in [-0.05, 0) is 5.56 Å². The number of aliphatic hydroxyl groups is 1. The maximum Gasteiger partial charge on any atom is 0.438 e. The zero-order valence-corrected chi connectivity index (χ0v) is 8.12. The molecule has 16 heavy (non-hydrogen) atoms. The third kappa shape index (κ3) is 1.76. The van der Waals surface area contributed by atoms with E-state index in [9.17, 15) is 18.3 Å². The molecule has 3 nitrogen and oxygen atoms in total. The molecule has 0 aliphatic carbocycles. The summed E-state index contributed by atoms with van der Waals surface area (Å²) in [7, 11) is 0. The van der Waals surface area contributed by atoms with Crippen molar-refractivity contribution in [3.05, 3.63) is 35.9 Å². The summed E-state index contributed by atoms with van der Waals surface area (Å²) < 4.78 is 37.3. The van der Waals surface area contributed by atoms with E-state index in [0.717, 1.165) is 0 Å². The molecule has 1 aliphatic heterocycles. The van der Waals surface area contributed by atoms with Crippen LogP contribution in [-0.4, -0.2) is 22.7 Å². The van der Waals surface area contributed by atoms with Crippen molar-refractivity contribution in [2.24, 2.45) is 5.10 Å². The van der Waals surface area contributed by atoms with Crippen LogP contribution in [0.2, 0.25) is 0 Å². The Bertz CT molecular complexity index is 416. The molecule has 2 rings (SSSR count). The van der Waals surface area contributed by atoms with E-state index in [1.54, 1.807) is 35.8 Å². The fraction of sp³-hybridized carbons (Fsp3) is 0.300. The lowest BCUT2D eigenvalue weighted by Gasteiger charge is -2.24. The maximum absolute atomic E-state index is 12.4. The van der Waals surface area contributed by atoms with E-state index < -0.39 is 18.3 Å². The van der Waals surface area contributed by atoms with E-state index in [-0.39, 0.29) is 5.71 Å². The van der Waals surface area contributed by atoms with Gasteiger partial charge in [-0.15, -0.1) is 0 Å².